The zero-order chi connectivity index (χ0) is 13.8. The van der Waals surface area contributed by atoms with E-state index in [-0.39, 0.29) is 5.38 Å². The van der Waals surface area contributed by atoms with Crippen LogP contribution in [0.5, 0.6) is 5.75 Å². The van der Waals surface area contributed by atoms with Crippen LogP contribution in [-0.4, -0.2) is 6.61 Å². The third kappa shape index (κ3) is 3.44. The molecule has 0 heterocycles. The van der Waals surface area contributed by atoms with Crippen molar-refractivity contribution in [3.8, 4) is 5.75 Å². The van der Waals surface area contributed by atoms with E-state index >= 15 is 0 Å². The minimum Gasteiger partial charge on any atom is -0.494 e. The Morgan fingerprint density at radius 1 is 1.16 bits per heavy atom. The van der Waals surface area contributed by atoms with E-state index < -0.39 is 0 Å². The molecule has 1 atom stereocenters. The molecule has 2 rings (SSSR count). The predicted molar refractivity (Wildman–Crippen MR) is 84.5 cm³/mol. The summed E-state index contributed by atoms with van der Waals surface area (Å²) in [6, 6.07) is 13.5. The van der Waals surface area contributed by atoms with Crippen LogP contribution in [0.3, 0.4) is 0 Å². The van der Waals surface area contributed by atoms with Crippen molar-refractivity contribution in [2.45, 2.75) is 12.3 Å². The molecule has 0 bridgehead atoms. The number of alkyl halides is 1. The third-order valence-electron chi connectivity index (χ3n) is 2.74. The van der Waals surface area contributed by atoms with Gasteiger partial charge < -0.3 is 4.74 Å². The first-order chi connectivity index (χ1) is 9.13. The van der Waals surface area contributed by atoms with Gasteiger partial charge in [-0.3, -0.25) is 0 Å². The van der Waals surface area contributed by atoms with E-state index in [9.17, 15) is 0 Å². The molecular weight excluding hydrogens is 347 g/mol. The molecular formula is C15H13BrCl2O. The Bertz CT molecular complexity index is 555. The molecule has 1 nitrogen and oxygen atoms in total. The molecule has 1 unspecified atom stereocenters. The highest BCUT2D eigenvalue weighted by Gasteiger charge is 2.15. The second-order valence-corrected chi connectivity index (χ2v) is 5.68. The lowest BCUT2D eigenvalue weighted by Gasteiger charge is -2.13. The quantitative estimate of drug-likeness (QED) is 0.624. The normalized spacial score (nSPS) is 12.2. The summed E-state index contributed by atoms with van der Waals surface area (Å²) in [6.45, 7) is 2.61. The predicted octanol–water partition coefficient (Wildman–Crippen LogP) is 5.83. The van der Waals surface area contributed by atoms with Crippen LogP contribution in [0, 0.1) is 0 Å². The molecule has 4 heteroatoms. The first kappa shape index (κ1) is 14.7. The molecule has 0 saturated heterocycles. The molecule has 0 aromatic heterocycles. The maximum absolute atomic E-state index is 6.49. The third-order valence-corrected chi connectivity index (χ3v) is 4.54. The van der Waals surface area contributed by atoms with E-state index in [0.29, 0.717) is 11.6 Å². The Labute approximate surface area is 131 Å². The second-order valence-electron chi connectivity index (χ2n) is 4.01. The molecule has 0 N–H and O–H groups in total. The van der Waals surface area contributed by atoms with Gasteiger partial charge in [-0.15, -0.1) is 11.6 Å². The summed E-state index contributed by atoms with van der Waals surface area (Å²) in [4.78, 5) is 0. The van der Waals surface area contributed by atoms with Gasteiger partial charge in [-0.2, -0.15) is 0 Å². The van der Waals surface area contributed by atoms with E-state index in [4.69, 9.17) is 27.9 Å². The van der Waals surface area contributed by atoms with Gasteiger partial charge in [0.25, 0.3) is 0 Å². The Morgan fingerprint density at radius 3 is 2.47 bits per heavy atom. The van der Waals surface area contributed by atoms with Crippen molar-refractivity contribution in [1.29, 1.82) is 0 Å². The Hall–Kier alpha value is -0.700. The van der Waals surface area contributed by atoms with E-state index in [1.165, 1.54) is 0 Å². The molecule has 100 valence electrons. The molecule has 0 aliphatic rings. The summed E-state index contributed by atoms with van der Waals surface area (Å²) >= 11 is 16.2. The van der Waals surface area contributed by atoms with E-state index in [0.717, 1.165) is 21.3 Å². The van der Waals surface area contributed by atoms with Crippen molar-refractivity contribution < 1.29 is 4.74 Å². The lowest BCUT2D eigenvalue weighted by atomic mass is 10.0. The molecule has 19 heavy (non-hydrogen) atoms. The van der Waals surface area contributed by atoms with Crippen molar-refractivity contribution in [3.05, 3.63) is 63.1 Å². The summed E-state index contributed by atoms with van der Waals surface area (Å²) in [5.74, 6) is 0.843. The average Bonchev–Trinajstić information content (AvgIpc) is 2.42. The number of benzene rings is 2. The van der Waals surface area contributed by atoms with Crippen LogP contribution in [0.15, 0.2) is 46.9 Å². The van der Waals surface area contributed by atoms with Gasteiger partial charge in [-0.25, -0.2) is 0 Å². The van der Waals surface area contributed by atoms with Gasteiger partial charge >= 0.3 is 0 Å². The van der Waals surface area contributed by atoms with Gasteiger partial charge in [0.2, 0.25) is 0 Å². The summed E-state index contributed by atoms with van der Waals surface area (Å²) in [6.07, 6.45) is 0. The summed E-state index contributed by atoms with van der Waals surface area (Å²) < 4.78 is 6.26. The molecule has 2 aromatic rings. The highest BCUT2D eigenvalue weighted by Crippen LogP contribution is 2.37. The molecule has 0 saturated carbocycles. The number of halogens is 3. The number of ether oxygens (including phenoxy) is 1. The van der Waals surface area contributed by atoms with Crippen LogP contribution in [0.25, 0.3) is 0 Å². The van der Waals surface area contributed by atoms with Crippen LogP contribution in [0.2, 0.25) is 5.02 Å². The average molecular weight is 360 g/mol. The fraction of sp³-hybridized carbons (Fsp3) is 0.200. The van der Waals surface area contributed by atoms with E-state index in [2.05, 4.69) is 15.9 Å². The Balaban J connectivity index is 2.28. The highest BCUT2D eigenvalue weighted by molar-refractivity contribution is 9.10. The van der Waals surface area contributed by atoms with E-state index in [1.54, 1.807) is 0 Å². The van der Waals surface area contributed by atoms with Gasteiger partial charge in [0, 0.05) is 4.47 Å². The first-order valence-electron chi connectivity index (χ1n) is 5.94. The number of hydrogen-bond acceptors (Lipinski definition) is 1. The summed E-state index contributed by atoms with van der Waals surface area (Å²) in [7, 11) is 0. The SMILES string of the molecule is CCOc1ccc(C(Cl)c2cccc(Br)c2Cl)cc1. The topological polar surface area (TPSA) is 9.23 Å². The van der Waals surface area contributed by atoms with E-state index in [1.807, 2.05) is 49.4 Å². The molecule has 0 amide bonds. The van der Waals surface area contributed by atoms with Crippen molar-refractivity contribution in [2.75, 3.05) is 6.61 Å². The smallest absolute Gasteiger partial charge is 0.119 e. The van der Waals surface area contributed by atoms with Crippen LogP contribution in [0.1, 0.15) is 23.4 Å². The first-order valence-corrected chi connectivity index (χ1v) is 7.55. The van der Waals surface area contributed by atoms with Gasteiger partial charge in [-0.05, 0) is 52.2 Å². The molecule has 0 fully saturated rings. The number of rotatable bonds is 4. The maximum atomic E-state index is 6.49. The lowest BCUT2D eigenvalue weighted by molar-refractivity contribution is 0.340. The van der Waals surface area contributed by atoms with Crippen molar-refractivity contribution in [1.82, 2.24) is 0 Å². The van der Waals surface area contributed by atoms with Gasteiger partial charge in [0.05, 0.1) is 17.0 Å². The second kappa shape index (κ2) is 6.65. The molecule has 0 spiro atoms. The minimum atomic E-state index is -0.277. The summed E-state index contributed by atoms with van der Waals surface area (Å²) in [5.41, 5.74) is 1.88. The van der Waals surface area contributed by atoms with Crippen molar-refractivity contribution in [2.24, 2.45) is 0 Å². The van der Waals surface area contributed by atoms with Crippen LogP contribution >= 0.6 is 39.1 Å². The van der Waals surface area contributed by atoms with Gasteiger partial charge in [-0.1, -0.05) is 35.9 Å². The maximum Gasteiger partial charge on any atom is 0.119 e. The summed E-state index contributed by atoms with van der Waals surface area (Å²) in [5, 5.41) is 0.372. The van der Waals surface area contributed by atoms with Gasteiger partial charge in [0.15, 0.2) is 0 Å². The number of hydrogen-bond donors (Lipinski definition) is 0. The zero-order valence-corrected chi connectivity index (χ0v) is 13.5. The molecule has 0 radical (unpaired) electrons. The molecule has 2 aromatic carbocycles. The minimum absolute atomic E-state index is 0.277. The van der Waals surface area contributed by atoms with Crippen molar-refractivity contribution >= 4 is 39.1 Å². The fourth-order valence-corrected chi connectivity index (χ4v) is 2.80. The van der Waals surface area contributed by atoms with Crippen molar-refractivity contribution in [3.63, 3.8) is 0 Å². The lowest BCUT2D eigenvalue weighted by Crippen LogP contribution is -1.96. The molecule has 0 aliphatic carbocycles. The molecule has 0 aliphatic heterocycles. The van der Waals surface area contributed by atoms with Gasteiger partial charge in [0.1, 0.15) is 5.75 Å². The fourth-order valence-electron chi connectivity index (χ4n) is 1.80. The monoisotopic (exact) mass is 358 g/mol. The van der Waals surface area contributed by atoms with Crippen LogP contribution < -0.4 is 4.74 Å². The zero-order valence-electron chi connectivity index (χ0n) is 10.4. The Morgan fingerprint density at radius 2 is 1.84 bits per heavy atom. The Kier molecular flexibility index (Phi) is 5.14. The van der Waals surface area contributed by atoms with Crippen LogP contribution in [0.4, 0.5) is 0 Å². The highest BCUT2D eigenvalue weighted by atomic mass is 79.9. The van der Waals surface area contributed by atoms with Crippen LogP contribution in [-0.2, 0) is 0 Å². The standard InChI is InChI=1S/C15H13BrCl2O/c1-2-19-11-8-6-10(7-9-11)14(17)12-4-3-5-13(16)15(12)18/h3-9,14H,2H2,1H3. The largest absolute Gasteiger partial charge is 0.494 e.